The molecule has 0 aromatic carbocycles. The van der Waals surface area contributed by atoms with Crippen molar-refractivity contribution in [3.63, 3.8) is 0 Å². The molecule has 1 N–H and O–H groups in total. The lowest BCUT2D eigenvalue weighted by molar-refractivity contribution is 0.251. The van der Waals surface area contributed by atoms with Crippen LogP contribution in [0.3, 0.4) is 0 Å². The van der Waals surface area contributed by atoms with Gasteiger partial charge in [-0.1, -0.05) is 167 Å². The van der Waals surface area contributed by atoms with E-state index in [2.05, 4.69) is 26.0 Å². The largest absolute Gasteiger partial charge is 0.328 e. The van der Waals surface area contributed by atoms with Gasteiger partial charge in [-0.3, -0.25) is 4.57 Å². The molecule has 4 heteroatoms. The minimum atomic E-state index is -3.38. The Morgan fingerprint density at radius 1 is 0.474 bits per heavy atom. The maximum Gasteiger partial charge on any atom is 0.328 e. The molecule has 0 amide bonds. The molecule has 0 aliphatic rings. The highest BCUT2D eigenvalue weighted by Gasteiger charge is 2.17. The van der Waals surface area contributed by atoms with Crippen LogP contribution >= 0.6 is 7.60 Å². The molecule has 0 radical (unpaired) electrons. The summed E-state index contributed by atoms with van der Waals surface area (Å²) in [6.45, 7) is 4.99. The van der Waals surface area contributed by atoms with E-state index in [1.807, 2.05) is 0 Å². The van der Waals surface area contributed by atoms with Crippen molar-refractivity contribution in [1.82, 2.24) is 0 Å². The fraction of sp³-hybridized carbons (Fsp3) is 0.941. The average Bonchev–Trinajstić information content (AvgIpc) is 2.90. The van der Waals surface area contributed by atoms with Crippen molar-refractivity contribution in [1.29, 1.82) is 0 Å². The number of hydrogen-bond donors (Lipinski definition) is 1. The minimum absolute atomic E-state index is 0.326. The van der Waals surface area contributed by atoms with Gasteiger partial charge in [0.2, 0.25) is 0 Å². The smallest absolute Gasteiger partial charge is 0.324 e. The molecule has 38 heavy (non-hydrogen) atoms. The summed E-state index contributed by atoms with van der Waals surface area (Å²) < 4.78 is 17.6. The third kappa shape index (κ3) is 32.1. The molecule has 3 nitrogen and oxygen atoms in total. The quantitative estimate of drug-likeness (QED) is 0.0509. The molecule has 1 unspecified atom stereocenters. The Kier molecular flexibility index (Phi) is 31.3. The van der Waals surface area contributed by atoms with Crippen molar-refractivity contribution in [2.24, 2.45) is 0 Å². The third-order valence-corrected chi connectivity index (χ3v) is 9.21. The molecule has 0 aliphatic carbocycles. The minimum Gasteiger partial charge on any atom is -0.324 e. The second kappa shape index (κ2) is 31.4. The predicted octanol–water partition coefficient (Wildman–Crippen LogP) is 12.7. The van der Waals surface area contributed by atoms with E-state index in [9.17, 15) is 9.46 Å². The van der Waals surface area contributed by atoms with E-state index in [-0.39, 0.29) is 0 Å². The second-order valence-corrected chi connectivity index (χ2v) is 13.7. The van der Waals surface area contributed by atoms with E-state index in [4.69, 9.17) is 4.52 Å². The van der Waals surface area contributed by atoms with Crippen molar-refractivity contribution in [2.45, 2.75) is 194 Å². The Morgan fingerprint density at radius 2 is 0.789 bits per heavy atom. The topological polar surface area (TPSA) is 46.5 Å². The first-order valence-corrected chi connectivity index (χ1v) is 19.0. The SMILES string of the molecule is CCCCCCCC/C=C\CCCCCCCCP(=O)(O)OCCCCCCCCCCCCCCCC. The zero-order chi connectivity index (χ0) is 27.8. The van der Waals surface area contributed by atoms with Gasteiger partial charge >= 0.3 is 7.60 Å². The molecule has 1 atom stereocenters. The van der Waals surface area contributed by atoms with Crippen molar-refractivity contribution in [2.75, 3.05) is 12.8 Å². The molecule has 0 rings (SSSR count). The highest BCUT2D eigenvalue weighted by molar-refractivity contribution is 7.52. The number of hydrogen-bond acceptors (Lipinski definition) is 2. The highest BCUT2D eigenvalue weighted by atomic mass is 31.2. The van der Waals surface area contributed by atoms with E-state index in [0.717, 1.165) is 25.7 Å². The molecule has 0 aliphatic heterocycles. The Labute approximate surface area is 239 Å². The number of unbranched alkanes of at least 4 members (excludes halogenated alkanes) is 25. The van der Waals surface area contributed by atoms with E-state index < -0.39 is 7.60 Å². The van der Waals surface area contributed by atoms with Gasteiger partial charge in [-0.05, 0) is 38.5 Å². The fourth-order valence-corrected chi connectivity index (χ4v) is 6.29. The Morgan fingerprint density at radius 3 is 1.18 bits per heavy atom. The van der Waals surface area contributed by atoms with Gasteiger partial charge in [-0.25, -0.2) is 0 Å². The van der Waals surface area contributed by atoms with Crippen LogP contribution in [0.4, 0.5) is 0 Å². The van der Waals surface area contributed by atoms with E-state index in [1.54, 1.807) is 0 Å². The normalized spacial score (nSPS) is 13.4. The van der Waals surface area contributed by atoms with E-state index in [1.165, 1.54) is 154 Å². The lowest BCUT2D eigenvalue weighted by atomic mass is 10.0. The summed E-state index contributed by atoms with van der Waals surface area (Å²) >= 11 is 0. The molecule has 0 fully saturated rings. The summed E-state index contributed by atoms with van der Waals surface area (Å²) in [6.07, 6.45) is 41.0. The molecule has 0 heterocycles. The summed E-state index contributed by atoms with van der Waals surface area (Å²) in [4.78, 5) is 10.1. The van der Waals surface area contributed by atoms with Crippen LogP contribution in [-0.2, 0) is 9.09 Å². The van der Waals surface area contributed by atoms with Gasteiger partial charge in [0.1, 0.15) is 0 Å². The Hall–Kier alpha value is -0.110. The van der Waals surface area contributed by atoms with Crippen LogP contribution in [0.1, 0.15) is 194 Å². The summed E-state index contributed by atoms with van der Waals surface area (Å²) in [7, 11) is -3.38. The second-order valence-electron chi connectivity index (χ2n) is 11.7. The maximum absolute atomic E-state index is 12.2. The molecule has 0 saturated carbocycles. The van der Waals surface area contributed by atoms with Gasteiger partial charge in [-0.15, -0.1) is 0 Å². The molecule has 0 saturated heterocycles. The van der Waals surface area contributed by atoms with Gasteiger partial charge in [0.25, 0.3) is 0 Å². The van der Waals surface area contributed by atoms with Crippen LogP contribution in [-0.4, -0.2) is 17.7 Å². The number of rotatable bonds is 32. The summed E-state index contributed by atoms with van der Waals surface area (Å²) in [5, 5.41) is 0. The summed E-state index contributed by atoms with van der Waals surface area (Å²) in [6, 6.07) is 0. The van der Waals surface area contributed by atoms with Crippen LogP contribution < -0.4 is 0 Å². The van der Waals surface area contributed by atoms with Crippen molar-refractivity contribution in [3.8, 4) is 0 Å². The van der Waals surface area contributed by atoms with E-state index >= 15 is 0 Å². The zero-order valence-corrected chi connectivity index (χ0v) is 27.0. The molecule has 0 aromatic rings. The molecular weight excluding hydrogens is 487 g/mol. The van der Waals surface area contributed by atoms with Crippen LogP contribution in [0.25, 0.3) is 0 Å². The molecule has 228 valence electrons. The summed E-state index contributed by atoms with van der Waals surface area (Å²) in [5.74, 6) is 0. The lowest BCUT2D eigenvalue weighted by Gasteiger charge is -2.12. The monoisotopic (exact) mass is 556 g/mol. The molecule has 0 bridgehead atoms. The van der Waals surface area contributed by atoms with Gasteiger partial charge in [0, 0.05) is 6.16 Å². The Bertz CT molecular complexity index is 520. The van der Waals surface area contributed by atoms with Crippen LogP contribution in [0.5, 0.6) is 0 Å². The Balaban J connectivity index is 3.32. The molecule has 0 aromatic heterocycles. The molecular formula is C34H69O3P. The maximum atomic E-state index is 12.2. The van der Waals surface area contributed by atoms with Gasteiger partial charge in [0.15, 0.2) is 0 Å². The van der Waals surface area contributed by atoms with Gasteiger partial charge in [0.05, 0.1) is 6.61 Å². The lowest BCUT2D eigenvalue weighted by Crippen LogP contribution is -1.97. The first-order chi connectivity index (χ1) is 18.6. The standard InChI is InChI=1S/C34H69O3P/c1-3-5-7-9-11-13-15-17-19-20-22-24-26-28-30-32-34-38(35,36)37-33-31-29-27-25-23-21-18-16-14-12-10-8-6-4-2/h17,19H,3-16,18,20-34H2,1-2H3,(H,35,36)/b19-17-. The van der Waals surface area contributed by atoms with Crippen molar-refractivity contribution >= 4 is 7.60 Å². The van der Waals surface area contributed by atoms with Crippen LogP contribution in [0.15, 0.2) is 12.2 Å². The van der Waals surface area contributed by atoms with Crippen LogP contribution in [0.2, 0.25) is 0 Å². The van der Waals surface area contributed by atoms with Crippen molar-refractivity contribution in [3.05, 3.63) is 12.2 Å². The molecule has 0 spiro atoms. The zero-order valence-electron chi connectivity index (χ0n) is 26.1. The fourth-order valence-electron chi connectivity index (χ4n) is 5.13. The van der Waals surface area contributed by atoms with E-state index in [0.29, 0.717) is 12.8 Å². The highest BCUT2D eigenvalue weighted by Crippen LogP contribution is 2.43. The first kappa shape index (κ1) is 37.9. The van der Waals surface area contributed by atoms with Gasteiger partial charge in [-0.2, -0.15) is 0 Å². The van der Waals surface area contributed by atoms with Crippen LogP contribution in [0, 0.1) is 0 Å². The van der Waals surface area contributed by atoms with Gasteiger partial charge < -0.3 is 9.42 Å². The third-order valence-electron chi connectivity index (χ3n) is 7.74. The first-order valence-electron chi connectivity index (χ1n) is 17.2. The predicted molar refractivity (Wildman–Crippen MR) is 170 cm³/mol. The summed E-state index contributed by atoms with van der Waals surface area (Å²) in [5.41, 5.74) is 0. The number of allylic oxidation sites excluding steroid dienone is 2. The average molecular weight is 557 g/mol. The van der Waals surface area contributed by atoms with Crippen molar-refractivity contribution < 1.29 is 14.0 Å².